The minimum atomic E-state index is 0.0684. The Morgan fingerprint density at radius 3 is 2.58 bits per heavy atom. The molecule has 0 saturated heterocycles. The predicted octanol–water partition coefficient (Wildman–Crippen LogP) is 5.43. The first-order valence-electron chi connectivity index (χ1n) is 10.1. The summed E-state index contributed by atoms with van der Waals surface area (Å²) in [6.45, 7) is 2.25. The monoisotopic (exact) mass is 433 g/mol. The molecule has 0 bridgehead atoms. The van der Waals surface area contributed by atoms with Crippen molar-refractivity contribution in [3.8, 4) is 5.88 Å². The highest BCUT2D eigenvalue weighted by molar-refractivity contribution is 6.31. The number of rotatable bonds is 8. The summed E-state index contributed by atoms with van der Waals surface area (Å²) in [6.07, 6.45) is 0. The van der Waals surface area contributed by atoms with E-state index in [1.54, 1.807) is 13.2 Å². The van der Waals surface area contributed by atoms with Crippen LogP contribution < -0.4 is 5.32 Å². The molecule has 0 atom stereocenters. The molecule has 4 aromatic rings. The molecule has 0 aliphatic heterocycles. The number of aromatic nitrogens is 1. The second-order valence-electron chi connectivity index (χ2n) is 7.20. The number of aromatic hydroxyl groups is 1. The molecule has 0 unspecified atom stereocenters. The van der Waals surface area contributed by atoms with Crippen LogP contribution in [0.3, 0.4) is 0 Å². The fourth-order valence-electron chi connectivity index (χ4n) is 3.48. The van der Waals surface area contributed by atoms with Gasteiger partial charge in [-0.3, -0.25) is 0 Å². The zero-order valence-corrected chi connectivity index (χ0v) is 18.0. The Hall–Kier alpha value is -3.12. The van der Waals surface area contributed by atoms with Crippen LogP contribution in [0.5, 0.6) is 5.88 Å². The number of methoxy groups -OCH3 is 1. The van der Waals surface area contributed by atoms with Gasteiger partial charge in [0.15, 0.2) is 5.88 Å². The molecule has 6 heteroatoms. The molecule has 0 spiro atoms. The van der Waals surface area contributed by atoms with Crippen molar-refractivity contribution in [1.29, 1.82) is 0 Å². The number of aliphatic imine (C=N–C) groups is 1. The smallest absolute Gasteiger partial charge is 0.199 e. The molecule has 0 radical (unpaired) electrons. The van der Waals surface area contributed by atoms with Crippen molar-refractivity contribution in [2.24, 2.45) is 4.99 Å². The van der Waals surface area contributed by atoms with E-state index < -0.39 is 0 Å². The molecule has 1 heterocycles. The fourth-order valence-corrected chi connectivity index (χ4v) is 3.65. The molecule has 0 aliphatic carbocycles. The lowest BCUT2D eigenvalue weighted by atomic mass is 10.0. The Labute approximate surface area is 186 Å². The first kappa shape index (κ1) is 21.1. The van der Waals surface area contributed by atoms with Gasteiger partial charge in [-0.25, -0.2) is 4.99 Å². The van der Waals surface area contributed by atoms with Crippen molar-refractivity contribution in [3.63, 3.8) is 0 Å². The maximum Gasteiger partial charge on any atom is 0.199 e. The number of halogens is 1. The van der Waals surface area contributed by atoms with Crippen molar-refractivity contribution in [1.82, 2.24) is 10.3 Å². The Balaban J connectivity index is 1.72. The highest BCUT2D eigenvalue weighted by Gasteiger charge is 2.18. The number of ether oxygens (including phenoxy) is 1. The average molecular weight is 434 g/mol. The van der Waals surface area contributed by atoms with Crippen LogP contribution in [0.25, 0.3) is 10.9 Å². The summed E-state index contributed by atoms with van der Waals surface area (Å²) in [6, 6.07) is 23.4. The highest BCUT2D eigenvalue weighted by atomic mass is 35.5. The van der Waals surface area contributed by atoms with Gasteiger partial charge in [0.1, 0.15) is 0 Å². The van der Waals surface area contributed by atoms with Crippen LogP contribution in [-0.2, 0) is 11.3 Å². The van der Waals surface area contributed by atoms with E-state index in [0.29, 0.717) is 22.9 Å². The second-order valence-corrected chi connectivity index (χ2v) is 7.64. The summed E-state index contributed by atoms with van der Waals surface area (Å²) in [5.74, 6) is 0.0684. The minimum Gasteiger partial charge on any atom is -0.494 e. The van der Waals surface area contributed by atoms with E-state index in [9.17, 15) is 5.11 Å². The third-order valence-electron chi connectivity index (χ3n) is 5.01. The molecule has 1 aromatic heterocycles. The minimum absolute atomic E-state index is 0.0684. The molecule has 3 N–H and O–H groups in total. The van der Waals surface area contributed by atoms with E-state index in [0.717, 1.165) is 35.2 Å². The van der Waals surface area contributed by atoms with Gasteiger partial charge in [-0.05, 0) is 29.8 Å². The van der Waals surface area contributed by atoms with Crippen molar-refractivity contribution in [2.45, 2.75) is 6.54 Å². The van der Waals surface area contributed by atoms with E-state index in [4.69, 9.17) is 21.3 Å². The average Bonchev–Trinajstić information content (AvgIpc) is 3.11. The van der Waals surface area contributed by atoms with Gasteiger partial charge in [0.25, 0.3) is 0 Å². The quantitative estimate of drug-likeness (QED) is 0.256. The summed E-state index contributed by atoms with van der Waals surface area (Å²) in [7, 11) is 1.69. The molecule has 0 amide bonds. The Kier molecular flexibility index (Phi) is 6.67. The Morgan fingerprint density at radius 1 is 1.06 bits per heavy atom. The van der Waals surface area contributed by atoms with Crippen molar-refractivity contribution < 1.29 is 9.84 Å². The SMILES string of the molecule is COCCNCc1ccc(N=C(c2ccccc2)c2c(O)[nH]c3cc(Cl)ccc23)cc1. The fraction of sp³-hybridized carbons (Fsp3) is 0.160. The normalized spacial score (nSPS) is 11.9. The summed E-state index contributed by atoms with van der Waals surface area (Å²) < 4.78 is 5.06. The molecule has 5 nitrogen and oxygen atoms in total. The van der Waals surface area contributed by atoms with Gasteiger partial charge < -0.3 is 20.1 Å². The number of hydrogen-bond acceptors (Lipinski definition) is 4. The van der Waals surface area contributed by atoms with Crippen LogP contribution in [-0.4, -0.2) is 36.1 Å². The first-order chi connectivity index (χ1) is 15.2. The van der Waals surface area contributed by atoms with Gasteiger partial charge in [-0.2, -0.15) is 0 Å². The van der Waals surface area contributed by atoms with Crippen LogP contribution in [0.4, 0.5) is 5.69 Å². The van der Waals surface area contributed by atoms with E-state index in [-0.39, 0.29) is 5.88 Å². The molecule has 0 aliphatic rings. The van der Waals surface area contributed by atoms with Gasteiger partial charge >= 0.3 is 0 Å². The van der Waals surface area contributed by atoms with Crippen molar-refractivity contribution >= 4 is 33.9 Å². The van der Waals surface area contributed by atoms with Gasteiger partial charge in [0.05, 0.1) is 29.1 Å². The number of aromatic amines is 1. The molecule has 0 fully saturated rings. The molecule has 158 valence electrons. The second kappa shape index (κ2) is 9.79. The third kappa shape index (κ3) is 4.97. The maximum absolute atomic E-state index is 10.7. The number of nitrogens with zero attached hydrogens (tertiary/aromatic N) is 1. The van der Waals surface area contributed by atoms with Gasteiger partial charge in [-0.15, -0.1) is 0 Å². The van der Waals surface area contributed by atoms with Crippen LogP contribution in [0, 0.1) is 0 Å². The summed E-state index contributed by atoms with van der Waals surface area (Å²) in [5.41, 5.74) is 5.00. The van der Waals surface area contributed by atoms with Crippen molar-refractivity contribution in [2.75, 3.05) is 20.3 Å². The third-order valence-corrected chi connectivity index (χ3v) is 5.25. The summed E-state index contributed by atoms with van der Waals surface area (Å²) in [4.78, 5) is 7.94. The van der Waals surface area contributed by atoms with Crippen LogP contribution in [0.1, 0.15) is 16.7 Å². The molecular weight excluding hydrogens is 410 g/mol. The Morgan fingerprint density at radius 2 is 1.84 bits per heavy atom. The molecule has 4 rings (SSSR count). The van der Waals surface area contributed by atoms with Crippen LogP contribution in [0.2, 0.25) is 5.02 Å². The number of nitrogens with one attached hydrogen (secondary N) is 2. The molecule has 3 aromatic carbocycles. The lowest BCUT2D eigenvalue weighted by molar-refractivity contribution is 0.199. The zero-order valence-electron chi connectivity index (χ0n) is 17.2. The van der Waals surface area contributed by atoms with Gasteiger partial charge in [0, 0.05) is 36.2 Å². The molecule has 0 saturated carbocycles. The van der Waals surface area contributed by atoms with Crippen molar-refractivity contribution in [3.05, 3.63) is 94.5 Å². The highest BCUT2D eigenvalue weighted by Crippen LogP contribution is 2.32. The summed E-state index contributed by atoms with van der Waals surface area (Å²) >= 11 is 6.13. The maximum atomic E-state index is 10.7. The Bertz CT molecular complexity index is 1180. The standard InChI is InChI=1S/C25H24ClN3O2/c1-31-14-13-27-16-17-7-10-20(11-8-17)28-24(18-5-3-2-4-6-18)23-21-12-9-19(26)15-22(21)29-25(23)30/h2-12,15,27,29-30H,13-14,16H2,1H3. The van der Waals surface area contributed by atoms with E-state index in [1.807, 2.05) is 54.6 Å². The number of hydrogen-bond donors (Lipinski definition) is 3. The lowest BCUT2D eigenvalue weighted by Crippen LogP contribution is -2.18. The van der Waals surface area contributed by atoms with E-state index >= 15 is 0 Å². The number of fused-ring (bicyclic) bond motifs is 1. The zero-order chi connectivity index (χ0) is 21.6. The topological polar surface area (TPSA) is 69.6 Å². The number of H-pyrrole nitrogens is 1. The lowest BCUT2D eigenvalue weighted by Gasteiger charge is -2.09. The molecular formula is C25H24ClN3O2. The van der Waals surface area contributed by atoms with E-state index in [1.165, 1.54) is 5.56 Å². The molecule has 31 heavy (non-hydrogen) atoms. The van der Waals surface area contributed by atoms with Gasteiger partial charge in [0.2, 0.25) is 0 Å². The van der Waals surface area contributed by atoms with Crippen LogP contribution in [0.15, 0.2) is 77.8 Å². The first-order valence-corrected chi connectivity index (χ1v) is 10.5. The largest absolute Gasteiger partial charge is 0.494 e. The van der Waals surface area contributed by atoms with Gasteiger partial charge in [-0.1, -0.05) is 60.1 Å². The van der Waals surface area contributed by atoms with Crippen LogP contribution >= 0.6 is 11.6 Å². The summed E-state index contributed by atoms with van der Waals surface area (Å²) in [5, 5.41) is 15.5. The predicted molar refractivity (Wildman–Crippen MR) is 127 cm³/mol. The number of benzene rings is 3. The van der Waals surface area contributed by atoms with E-state index in [2.05, 4.69) is 22.4 Å².